The summed E-state index contributed by atoms with van der Waals surface area (Å²) >= 11 is 5.93. The van der Waals surface area contributed by atoms with Gasteiger partial charge in [0.05, 0.1) is 16.5 Å². The summed E-state index contributed by atoms with van der Waals surface area (Å²) in [4.78, 5) is 17.5. The van der Waals surface area contributed by atoms with Gasteiger partial charge in [-0.3, -0.25) is 4.79 Å². The fourth-order valence-corrected chi connectivity index (χ4v) is 2.52. The van der Waals surface area contributed by atoms with Crippen molar-refractivity contribution in [3.8, 4) is 0 Å². The summed E-state index contributed by atoms with van der Waals surface area (Å²) < 4.78 is 38.4. The maximum Gasteiger partial charge on any atom is 0.393 e. The van der Waals surface area contributed by atoms with Crippen molar-refractivity contribution in [3.63, 3.8) is 0 Å². The molecule has 1 amide bonds. The summed E-state index contributed by atoms with van der Waals surface area (Å²) in [7, 11) is 1.63. The van der Waals surface area contributed by atoms with Gasteiger partial charge in [-0.1, -0.05) is 11.6 Å². The Morgan fingerprint density at radius 1 is 1.52 bits per heavy atom. The predicted octanol–water partition coefficient (Wildman–Crippen LogP) is 3.19. The predicted molar refractivity (Wildman–Crippen MR) is 73.5 cm³/mol. The Morgan fingerprint density at radius 3 is 2.86 bits per heavy atom. The number of piperidine rings is 1. The van der Waals surface area contributed by atoms with Crippen LogP contribution in [0.1, 0.15) is 23.2 Å². The molecule has 2 rings (SSSR count). The first kappa shape index (κ1) is 15.9. The third-order valence-corrected chi connectivity index (χ3v) is 3.81. The quantitative estimate of drug-likeness (QED) is 0.910. The van der Waals surface area contributed by atoms with Gasteiger partial charge in [0.25, 0.3) is 5.91 Å². The van der Waals surface area contributed by atoms with Gasteiger partial charge < -0.3 is 10.2 Å². The molecule has 8 heteroatoms. The Hall–Kier alpha value is -1.50. The van der Waals surface area contributed by atoms with Gasteiger partial charge in [-0.25, -0.2) is 4.98 Å². The first-order valence-corrected chi connectivity index (χ1v) is 6.90. The smallest absolute Gasteiger partial charge is 0.373 e. The molecule has 4 nitrogen and oxygen atoms in total. The number of alkyl halides is 3. The Morgan fingerprint density at radius 2 is 2.24 bits per heavy atom. The van der Waals surface area contributed by atoms with Crippen molar-refractivity contribution in [1.29, 1.82) is 0 Å². The van der Waals surface area contributed by atoms with Crippen molar-refractivity contribution in [2.45, 2.75) is 19.0 Å². The molecule has 1 aliphatic heterocycles. The number of carbonyl (C=O) groups is 1. The van der Waals surface area contributed by atoms with Crippen LogP contribution in [0.3, 0.4) is 0 Å². The van der Waals surface area contributed by atoms with Gasteiger partial charge in [-0.2, -0.15) is 13.2 Å². The molecular formula is C13H15ClF3N3O. The monoisotopic (exact) mass is 321 g/mol. The van der Waals surface area contributed by atoms with E-state index in [1.807, 2.05) is 0 Å². The van der Waals surface area contributed by atoms with E-state index in [0.29, 0.717) is 18.8 Å². The number of aromatic nitrogens is 1. The van der Waals surface area contributed by atoms with Crippen LogP contribution in [0.4, 0.5) is 19.0 Å². The van der Waals surface area contributed by atoms with Gasteiger partial charge in [0, 0.05) is 26.3 Å². The number of carbonyl (C=O) groups excluding carboxylic acids is 1. The van der Waals surface area contributed by atoms with E-state index in [4.69, 9.17) is 11.6 Å². The molecule has 0 radical (unpaired) electrons. The second kappa shape index (κ2) is 6.09. The minimum atomic E-state index is -4.28. The van der Waals surface area contributed by atoms with Gasteiger partial charge >= 0.3 is 6.18 Å². The Balaban J connectivity index is 2.20. The summed E-state index contributed by atoms with van der Waals surface area (Å²) in [6.45, 7) is -0.0190. The lowest BCUT2D eigenvalue weighted by Crippen LogP contribution is -2.44. The largest absolute Gasteiger partial charge is 0.393 e. The van der Waals surface area contributed by atoms with Crippen LogP contribution in [-0.4, -0.2) is 42.1 Å². The second-order valence-electron chi connectivity index (χ2n) is 4.93. The number of likely N-dealkylation sites (tertiary alicyclic amines) is 1. The summed E-state index contributed by atoms with van der Waals surface area (Å²) in [6, 6.07) is 1.45. The van der Waals surface area contributed by atoms with Crippen LogP contribution >= 0.6 is 11.6 Å². The van der Waals surface area contributed by atoms with E-state index in [2.05, 4.69) is 10.3 Å². The molecule has 0 aliphatic carbocycles. The Bertz CT molecular complexity index is 536. The molecule has 2 heterocycles. The van der Waals surface area contributed by atoms with Crippen molar-refractivity contribution < 1.29 is 18.0 Å². The van der Waals surface area contributed by atoms with Crippen LogP contribution in [0.15, 0.2) is 12.3 Å². The minimum absolute atomic E-state index is 0.0547. The molecule has 1 aromatic heterocycles. The zero-order valence-corrected chi connectivity index (χ0v) is 12.1. The van der Waals surface area contributed by atoms with Gasteiger partial charge in [0.2, 0.25) is 0 Å². The van der Waals surface area contributed by atoms with Crippen molar-refractivity contribution >= 4 is 23.3 Å². The van der Waals surface area contributed by atoms with Crippen LogP contribution < -0.4 is 5.32 Å². The molecule has 0 spiro atoms. The third kappa shape index (κ3) is 3.58. The van der Waals surface area contributed by atoms with Gasteiger partial charge in [0.15, 0.2) is 0 Å². The van der Waals surface area contributed by atoms with Gasteiger partial charge in [-0.05, 0) is 18.9 Å². The highest BCUT2D eigenvalue weighted by Gasteiger charge is 2.42. The number of anilines is 1. The number of rotatable bonds is 2. The minimum Gasteiger partial charge on any atom is -0.373 e. The van der Waals surface area contributed by atoms with Crippen LogP contribution in [0, 0.1) is 5.92 Å². The average molecular weight is 322 g/mol. The highest BCUT2D eigenvalue weighted by molar-refractivity contribution is 6.33. The van der Waals surface area contributed by atoms with Crippen LogP contribution in [0.25, 0.3) is 0 Å². The maximum absolute atomic E-state index is 12.8. The third-order valence-electron chi connectivity index (χ3n) is 3.51. The van der Waals surface area contributed by atoms with E-state index in [-0.39, 0.29) is 23.6 Å². The molecular weight excluding hydrogens is 307 g/mol. The number of hydrogen-bond donors (Lipinski definition) is 1. The molecule has 1 aliphatic rings. The normalized spacial score (nSPS) is 19.5. The molecule has 1 aromatic rings. The Kier molecular flexibility index (Phi) is 4.61. The fraction of sp³-hybridized carbons (Fsp3) is 0.538. The summed E-state index contributed by atoms with van der Waals surface area (Å²) in [5, 5.41) is 2.90. The van der Waals surface area contributed by atoms with E-state index >= 15 is 0 Å². The first-order valence-electron chi connectivity index (χ1n) is 6.52. The van der Waals surface area contributed by atoms with Crippen LogP contribution in [-0.2, 0) is 0 Å². The fourth-order valence-electron chi connectivity index (χ4n) is 2.34. The zero-order valence-electron chi connectivity index (χ0n) is 11.4. The van der Waals surface area contributed by atoms with Gasteiger partial charge in [-0.15, -0.1) is 0 Å². The highest BCUT2D eigenvalue weighted by Crippen LogP contribution is 2.34. The van der Waals surface area contributed by atoms with Crippen molar-refractivity contribution in [1.82, 2.24) is 9.88 Å². The van der Waals surface area contributed by atoms with E-state index in [1.165, 1.54) is 17.2 Å². The maximum atomic E-state index is 12.8. The van der Waals surface area contributed by atoms with Gasteiger partial charge in [0.1, 0.15) is 5.82 Å². The Labute approximate surface area is 125 Å². The standard InChI is InChI=1S/C13H15ClF3N3O/c1-18-11-5-9(10(14)6-19-11)12(21)20-4-2-3-8(7-20)13(15,16)17/h5-6,8H,2-4,7H2,1H3,(H,18,19). The molecule has 1 fully saturated rings. The first-order chi connectivity index (χ1) is 9.82. The number of halogens is 4. The van der Waals surface area contributed by atoms with Crippen LogP contribution in [0.5, 0.6) is 0 Å². The molecule has 21 heavy (non-hydrogen) atoms. The molecule has 1 N–H and O–H groups in total. The summed E-state index contributed by atoms with van der Waals surface area (Å²) in [5.41, 5.74) is 0.166. The van der Waals surface area contributed by atoms with E-state index in [0.717, 1.165) is 0 Å². The molecule has 0 bridgehead atoms. The average Bonchev–Trinajstić information content (AvgIpc) is 2.46. The molecule has 1 unspecified atom stereocenters. The lowest BCUT2D eigenvalue weighted by atomic mass is 9.97. The topological polar surface area (TPSA) is 45.2 Å². The van der Waals surface area contributed by atoms with Crippen molar-refractivity contribution in [2.24, 2.45) is 5.92 Å². The summed E-state index contributed by atoms with van der Waals surface area (Å²) in [6.07, 6.45) is -2.58. The lowest BCUT2D eigenvalue weighted by molar-refractivity contribution is -0.184. The second-order valence-corrected chi connectivity index (χ2v) is 5.34. The molecule has 1 atom stereocenters. The molecule has 116 valence electrons. The molecule has 0 saturated carbocycles. The number of pyridine rings is 1. The zero-order chi connectivity index (χ0) is 15.6. The molecule has 0 aromatic carbocycles. The van der Waals surface area contributed by atoms with E-state index in [1.54, 1.807) is 7.05 Å². The van der Waals surface area contributed by atoms with Crippen molar-refractivity contribution in [2.75, 3.05) is 25.5 Å². The summed E-state index contributed by atoms with van der Waals surface area (Å²) in [5.74, 6) is -1.53. The number of nitrogens with zero attached hydrogens (tertiary/aromatic N) is 2. The lowest BCUT2D eigenvalue weighted by Gasteiger charge is -2.33. The highest BCUT2D eigenvalue weighted by atomic mass is 35.5. The van der Waals surface area contributed by atoms with Crippen LogP contribution in [0.2, 0.25) is 5.02 Å². The molecule has 1 saturated heterocycles. The SMILES string of the molecule is CNc1cc(C(=O)N2CCCC(C(F)(F)F)C2)c(Cl)cn1. The van der Waals surface area contributed by atoms with E-state index in [9.17, 15) is 18.0 Å². The van der Waals surface area contributed by atoms with Crippen molar-refractivity contribution in [3.05, 3.63) is 22.8 Å². The van der Waals surface area contributed by atoms with E-state index < -0.39 is 18.0 Å². The number of nitrogens with one attached hydrogen (secondary N) is 1. The number of amides is 1. The number of hydrogen-bond acceptors (Lipinski definition) is 3.